The van der Waals surface area contributed by atoms with E-state index < -0.39 is 28.0 Å². The third-order valence-corrected chi connectivity index (χ3v) is 4.29. The van der Waals surface area contributed by atoms with Gasteiger partial charge in [-0.25, -0.2) is 17.9 Å². The summed E-state index contributed by atoms with van der Waals surface area (Å²) in [6, 6.07) is 4.36. The molecule has 0 aliphatic heterocycles. The Labute approximate surface area is 134 Å². The summed E-state index contributed by atoms with van der Waals surface area (Å²) in [7, 11) is -1.09. The lowest BCUT2D eigenvalue weighted by molar-refractivity contribution is -0.148. The Morgan fingerprint density at radius 1 is 1.35 bits per heavy atom. The molecule has 0 fully saturated rings. The number of carbonyl (C=O) groups is 2. The highest BCUT2D eigenvalue weighted by Gasteiger charge is 2.18. The van der Waals surface area contributed by atoms with E-state index >= 15 is 0 Å². The molecule has 0 bridgehead atoms. The first-order valence-electron chi connectivity index (χ1n) is 6.51. The van der Waals surface area contributed by atoms with Crippen molar-refractivity contribution in [1.82, 2.24) is 4.72 Å². The van der Waals surface area contributed by atoms with E-state index in [0.29, 0.717) is 5.56 Å². The maximum Gasteiger partial charge on any atom is 0.331 e. The van der Waals surface area contributed by atoms with E-state index in [4.69, 9.17) is 15.2 Å². The molecule has 0 aromatic heterocycles. The smallest absolute Gasteiger partial charge is 0.331 e. The van der Waals surface area contributed by atoms with Crippen molar-refractivity contribution in [2.24, 2.45) is 5.73 Å². The van der Waals surface area contributed by atoms with Crippen LogP contribution in [-0.4, -0.2) is 40.6 Å². The first kappa shape index (κ1) is 18.7. The van der Waals surface area contributed by atoms with Gasteiger partial charge in [-0.05, 0) is 37.7 Å². The van der Waals surface area contributed by atoms with Gasteiger partial charge in [-0.2, -0.15) is 0 Å². The Kier molecular flexibility index (Phi) is 6.28. The van der Waals surface area contributed by atoms with Crippen LogP contribution in [0.2, 0.25) is 0 Å². The molecule has 0 spiro atoms. The standard InChI is InChI=1S/C14H18N2O6S/c1-9(14(15)18)22-13(17)7-5-10-4-6-11(21-3)12(8-10)23(19,20)16-2/h4-9,16H,1-3H3,(H2,15,18)/b7-5+/t9-/m1/s1. The van der Waals surface area contributed by atoms with Crippen LogP contribution in [0.25, 0.3) is 6.08 Å². The summed E-state index contributed by atoms with van der Waals surface area (Å²) in [4.78, 5) is 22.3. The van der Waals surface area contributed by atoms with Crippen LogP contribution in [0.15, 0.2) is 29.2 Å². The van der Waals surface area contributed by atoms with Gasteiger partial charge in [0.2, 0.25) is 10.0 Å². The summed E-state index contributed by atoms with van der Waals surface area (Å²) in [5, 5.41) is 0. The fourth-order valence-electron chi connectivity index (χ4n) is 1.55. The summed E-state index contributed by atoms with van der Waals surface area (Å²) in [5.41, 5.74) is 5.41. The van der Waals surface area contributed by atoms with Crippen LogP contribution >= 0.6 is 0 Å². The summed E-state index contributed by atoms with van der Waals surface area (Å²) < 4.78 is 35.8. The van der Waals surface area contributed by atoms with Gasteiger partial charge in [-0.1, -0.05) is 6.07 Å². The van der Waals surface area contributed by atoms with Gasteiger partial charge >= 0.3 is 5.97 Å². The number of nitrogens with one attached hydrogen (secondary N) is 1. The van der Waals surface area contributed by atoms with Gasteiger partial charge < -0.3 is 15.2 Å². The lowest BCUT2D eigenvalue weighted by Crippen LogP contribution is -2.29. The Morgan fingerprint density at radius 3 is 2.52 bits per heavy atom. The highest BCUT2D eigenvalue weighted by atomic mass is 32.2. The zero-order valence-electron chi connectivity index (χ0n) is 12.9. The molecule has 1 amide bonds. The molecule has 1 rings (SSSR count). The molecule has 0 aliphatic rings. The Morgan fingerprint density at radius 2 is 2.00 bits per heavy atom. The third-order valence-electron chi connectivity index (χ3n) is 2.85. The first-order chi connectivity index (χ1) is 10.7. The molecule has 3 N–H and O–H groups in total. The minimum absolute atomic E-state index is 0.0662. The maximum absolute atomic E-state index is 11.9. The average molecular weight is 342 g/mol. The molecule has 126 valence electrons. The van der Waals surface area contributed by atoms with Crippen LogP contribution in [-0.2, 0) is 24.3 Å². The molecule has 23 heavy (non-hydrogen) atoms. The molecule has 0 radical (unpaired) electrons. The lowest BCUT2D eigenvalue weighted by Gasteiger charge is -2.09. The second-order valence-electron chi connectivity index (χ2n) is 4.43. The monoisotopic (exact) mass is 342 g/mol. The van der Waals surface area contributed by atoms with Crippen LogP contribution in [0, 0.1) is 0 Å². The molecular formula is C14H18N2O6S. The van der Waals surface area contributed by atoms with E-state index in [1.54, 1.807) is 6.07 Å². The highest BCUT2D eigenvalue weighted by molar-refractivity contribution is 7.89. The molecule has 0 aliphatic carbocycles. The number of nitrogens with two attached hydrogens (primary N) is 1. The number of benzene rings is 1. The number of rotatable bonds is 7. The zero-order chi connectivity index (χ0) is 17.6. The van der Waals surface area contributed by atoms with Crippen molar-refractivity contribution in [2.45, 2.75) is 17.9 Å². The summed E-state index contributed by atoms with van der Waals surface area (Å²) >= 11 is 0. The van der Waals surface area contributed by atoms with E-state index in [1.807, 2.05) is 0 Å². The topological polar surface area (TPSA) is 125 Å². The van der Waals surface area contributed by atoms with Gasteiger partial charge in [0.15, 0.2) is 6.10 Å². The van der Waals surface area contributed by atoms with Crippen molar-refractivity contribution >= 4 is 28.0 Å². The van der Waals surface area contributed by atoms with E-state index in [2.05, 4.69) is 4.72 Å². The second-order valence-corrected chi connectivity index (χ2v) is 6.29. The largest absolute Gasteiger partial charge is 0.495 e. The number of hydrogen-bond donors (Lipinski definition) is 2. The number of sulfonamides is 1. The van der Waals surface area contributed by atoms with Crippen molar-refractivity contribution < 1.29 is 27.5 Å². The van der Waals surface area contributed by atoms with Crippen molar-refractivity contribution in [1.29, 1.82) is 0 Å². The Hall–Kier alpha value is -2.39. The fraction of sp³-hybridized carbons (Fsp3) is 0.286. The fourth-order valence-corrected chi connectivity index (χ4v) is 2.48. The highest BCUT2D eigenvalue weighted by Crippen LogP contribution is 2.25. The molecular weight excluding hydrogens is 324 g/mol. The van der Waals surface area contributed by atoms with Crippen molar-refractivity contribution in [3.8, 4) is 5.75 Å². The molecule has 8 nitrogen and oxygen atoms in total. The van der Waals surface area contributed by atoms with Crippen LogP contribution < -0.4 is 15.2 Å². The molecule has 1 aromatic carbocycles. The predicted octanol–water partition coefficient (Wildman–Crippen LogP) is 0.0335. The number of esters is 1. The van der Waals surface area contributed by atoms with Gasteiger partial charge in [0.25, 0.3) is 5.91 Å². The normalized spacial score (nSPS) is 12.8. The number of hydrogen-bond acceptors (Lipinski definition) is 6. The quantitative estimate of drug-likeness (QED) is 0.532. The molecule has 1 aromatic rings. The second kappa shape index (κ2) is 7.75. The molecule has 9 heteroatoms. The van der Waals surface area contributed by atoms with Gasteiger partial charge in [0.1, 0.15) is 10.6 Å². The predicted molar refractivity (Wildman–Crippen MR) is 83.0 cm³/mol. The van der Waals surface area contributed by atoms with E-state index in [1.165, 1.54) is 39.3 Å². The van der Waals surface area contributed by atoms with Crippen molar-refractivity contribution in [2.75, 3.05) is 14.2 Å². The van der Waals surface area contributed by atoms with Crippen LogP contribution in [0.3, 0.4) is 0 Å². The number of amides is 1. The van der Waals surface area contributed by atoms with Gasteiger partial charge in [-0.3, -0.25) is 4.79 Å². The zero-order valence-corrected chi connectivity index (χ0v) is 13.7. The van der Waals surface area contributed by atoms with Crippen LogP contribution in [0.5, 0.6) is 5.75 Å². The third kappa shape index (κ3) is 5.08. The van der Waals surface area contributed by atoms with E-state index in [0.717, 1.165) is 6.08 Å². The average Bonchev–Trinajstić information content (AvgIpc) is 2.52. The molecule has 1 atom stereocenters. The van der Waals surface area contributed by atoms with E-state index in [-0.39, 0.29) is 10.6 Å². The Balaban J connectivity index is 3.02. The minimum atomic E-state index is -3.72. The molecule has 0 unspecified atom stereocenters. The molecule has 0 saturated carbocycles. The lowest BCUT2D eigenvalue weighted by atomic mass is 10.2. The molecule has 0 heterocycles. The number of primary amides is 1. The van der Waals surface area contributed by atoms with Crippen molar-refractivity contribution in [3.05, 3.63) is 29.8 Å². The van der Waals surface area contributed by atoms with Gasteiger partial charge in [-0.15, -0.1) is 0 Å². The number of carbonyl (C=O) groups excluding carboxylic acids is 2. The first-order valence-corrected chi connectivity index (χ1v) is 7.99. The summed E-state index contributed by atoms with van der Waals surface area (Å²) in [6.07, 6.45) is 1.37. The summed E-state index contributed by atoms with van der Waals surface area (Å²) in [5.74, 6) is -1.37. The SMILES string of the molecule is CNS(=O)(=O)c1cc(/C=C/C(=O)O[C@H](C)C(N)=O)ccc1OC. The maximum atomic E-state index is 11.9. The number of methoxy groups -OCH3 is 1. The van der Waals surface area contributed by atoms with E-state index in [9.17, 15) is 18.0 Å². The number of ether oxygens (including phenoxy) is 2. The van der Waals surface area contributed by atoms with Crippen molar-refractivity contribution in [3.63, 3.8) is 0 Å². The van der Waals surface area contributed by atoms with Gasteiger partial charge in [0, 0.05) is 6.08 Å². The van der Waals surface area contributed by atoms with Gasteiger partial charge in [0.05, 0.1) is 7.11 Å². The van der Waals surface area contributed by atoms with Crippen LogP contribution in [0.4, 0.5) is 0 Å². The summed E-state index contributed by atoms with van der Waals surface area (Å²) in [6.45, 7) is 1.35. The Bertz CT molecular complexity index is 727. The molecule has 0 saturated heterocycles. The van der Waals surface area contributed by atoms with Crippen LogP contribution in [0.1, 0.15) is 12.5 Å². The minimum Gasteiger partial charge on any atom is -0.495 e.